The summed E-state index contributed by atoms with van der Waals surface area (Å²) in [6.07, 6.45) is 5.34. The van der Waals surface area contributed by atoms with E-state index in [1.807, 2.05) is 29.0 Å². The van der Waals surface area contributed by atoms with Crippen LogP contribution in [0.3, 0.4) is 0 Å². The van der Waals surface area contributed by atoms with Crippen molar-refractivity contribution in [2.75, 3.05) is 5.73 Å². The number of nitrogens with one attached hydrogen (secondary N) is 1. The molecular formula is C10H9N5. The normalized spacial score (nSPS) is 10.9. The molecule has 0 atom stereocenters. The number of nitrogen functional groups attached to an aromatic ring is 1. The van der Waals surface area contributed by atoms with E-state index in [2.05, 4.69) is 15.0 Å². The van der Waals surface area contributed by atoms with Gasteiger partial charge < -0.3 is 15.3 Å². The number of hydrogen-bond donors (Lipinski definition) is 2. The zero-order chi connectivity index (χ0) is 10.3. The van der Waals surface area contributed by atoms with E-state index in [4.69, 9.17) is 5.73 Å². The predicted octanol–water partition coefficient (Wildman–Crippen LogP) is 1.33. The number of hydrogen-bond acceptors (Lipinski definition) is 3. The molecule has 0 saturated carbocycles. The molecule has 0 aliphatic heterocycles. The van der Waals surface area contributed by atoms with Gasteiger partial charge in [0.25, 0.3) is 0 Å². The van der Waals surface area contributed by atoms with Crippen molar-refractivity contribution < 1.29 is 0 Å². The summed E-state index contributed by atoms with van der Waals surface area (Å²) in [6.45, 7) is 0. The number of benzene rings is 1. The standard InChI is InChI=1S/C10H9N5/c11-10-13-7-2-1-3-8(9(7)14-10)15-5-4-12-6-15/h1-6H,(H3,11,13,14). The fourth-order valence-corrected chi connectivity index (χ4v) is 1.65. The SMILES string of the molecule is Nc1nc2c(-n3ccnc3)cccc2[nH]1. The van der Waals surface area contributed by atoms with Crippen LogP contribution in [0.4, 0.5) is 5.95 Å². The van der Waals surface area contributed by atoms with Crippen LogP contribution in [0.1, 0.15) is 0 Å². The maximum absolute atomic E-state index is 5.62. The van der Waals surface area contributed by atoms with E-state index in [1.165, 1.54) is 0 Å². The Kier molecular flexibility index (Phi) is 1.53. The Morgan fingerprint density at radius 1 is 1.33 bits per heavy atom. The van der Waals surface area contributed by atoms with Crippen LogP contribution in [0.2, 0.25) is 0 Å². The van der Waals surface area contributed by atoms with Gasteiger partial charge in [0.15, 0.2) is 5.95 Å². The van der Waals surface area contributed by atoms with Gasteiger partial charge in [0, 0.05) is 12.4 Å². The third-order valence-electron chi connectivity index (χ3n) is 2.29. The zero-order valence-electron chi connectivity index (χ0n) is 7.88. The van der Waals surface area contributed by atoms with Gasteiger partial charge in [0.2, 0.25) is 0 Å². The Balaban J connectivity index is 2.35. The molecule has 0 spiro atoms. The fourth-order valence-electron chi connectivity index (χ4n) is 1.65. The maximum Gasteiger partial charge on any atom is 0.198 e. The van der Waals surface area contributed by atoms with Crippen LogP contribution >= 0.6 is 0 Å². The summed E-state index contributed by atoms with van der Waals surface area (Å²) in [7, 11) is 0. The molecule has 0 radical (unpaired) electrons. The topological polar surface area (TPSA) is 72.5 Å². The minimum absolute atomic E-state index is 0.428. The number of aromatic amines is 1. The highest BCUT2D eigenvalue weighted by atomic mass is 15.1. The minimum Gasteiger partial charge on any atom is -0.369 e. The van der Waals surface area contributed by atoms with E-state index < -0.39 is 0 Å². The van der Waals surface area contributed by atoms with E-state index in [9.17, 15) is 0 Å². The second-order valence-corrected chi connectivity index (χ2v) is 3.27. The van der Waals surface area contributed by atoms with Gasteiger partial charge in [-0.25, -0.2) is 9.97 Å². The molecule has 15 heavy (non-hydrogen) atoms. The molecule has 2 heterocycles. The summed E-state index contributed by atoms with van der Waals surface area (Å²) in [6, 6.07) is 5.87. The minimum atomic E-state index is 0.428. The number of para-hydroxylation sites is 1. The van der Waals surface area contributed by atoms with Gasteiger partial charge in [-0.2, -0.15) is 0 Å². The van der Waals surface area contributed by atoms with Crippen molar-refractivity contribution in [3.63, 3.8) is 0 Å². The highest BCUT2D eigenvalue weighted by Crippen LogP contribution is 2.20. The maximum atomic E-state index is 5.62. The Morgan fingerprint density at radius 3 is 3.07 bits per heavy atom. The number of H-pyrrole nitrogens is 1. The molecule has 0 amide bonds. The Bertz CT molecular complexity index is 593. The van der Waals surface area contributed by atoms with Crippen molar-refractivity contribution >= 4 is 17.0 Å². The highest BCUT2D eigenvalue weighted by Gasteiger charge is 2.06. The van der Waals surface area contributed by atoms with Crippen LogP contribution in [0, 0.1) is 0 Å². The monoisotopic (exact) mass is 199 g/mol. The summed E-state index contributed by atoms with van der Waals surface area (Å²) >= 11 is 0. The van der Waals surface area contributed by atoms with E-state index >= 15 is 0 Å². The van der Waals surface area contributed by atoms with Crippen molar-refractivity contribution in [3.05, 3.63) is 36.9 Å². The molecular weight excluding hydrogens is 190 g/mol. The predicted molar refractivity (Wildman–Crippen MR) is 57.6 cm³/mol. The molecule has 5 heteroatoms. The van der Waals surface area contributed by atoms with E-state index in [1.54, 1.807) is 12.5 Å². The van der Waals surface area contributed by atoms with Gasteiger partial charge in [-0.15, -0.1) is 0 Å². The molecule has 0 aliphatic carbocycles. The molecule has 0 unspecified atom stereocenters. The van der Waals surface area contributed by atoms with E-state index in [-0.39, 0.29) is 0 Å². The second kappa shape index (κ2) is 2.84. The Labute approximate surface area is 85.6 Å². The van der Waals surface area contributed by atoms with Crippen molar-refractivity contribution in [2.24, 2.45) is 0 Å². The van der Waals surface area contributed by atoms with Gasteiger partial charge in [0.05, 0.1) is 17.5 Å². The molecule has 0 saturated heterocycles. The van der Waals surface area contributed by atoms with Crippen LogP contribution in [0.25, 0.3) is 16.7 Å². The quantitative estimate of drug-likeness (QED) is 0.621. The molecule has 3 N–H and O–H groups in total. The zero-order valence-corrected chi connectivity index (χ0v) is 7.88. The lowest BCUT2D eigenvalue weighted by atomic mass is 10.2. The molecule has 1 aromatic carbocycles. The van der Waals surface area contributed by atoms with Crippen molar-refractivity contribution in [1.82, 2.24) is 19.5 Å². The van der Waals surface area contributed by atoms with E-state index in [0.29, 0.717) is 5.95 Å². The largest absolute Gasteiger partial charge is 0.369 e. The smallest absolute Gasteiger partial charge is 0.198 e. The first-order chi connectivity index (χ1) is 7.34. The molecule has 3 rings (SSSR count). The van der Waals surface area contributed by atoms with Crippen LogP contribution in [0.5, 0.6) is 0 Å². The van der Waals surface area contributed by atoms with Gasteiger partial charge in [-0.1, -0.05) is 6.07 Å². The Morgan fingerprint density at radius 2 is 2.27 bits per heavy atom. The molecule has 2 aromatic heterocycles. The summed E-state index contributed by atoms with van der Waals surface area (Å²) < 4.78 is 1.91. The van der Waals surface area contributed by atoms with Gasteiger partial charge in [-0.05, 0) is 12.1 Å². The number of nitrogens with zero attached hydrogens (tertiary/aromatic N) is 3. The highest BCUT2D eigenvalue weighted by molar-refractivity contribution is 5.85. The number of fused-ring (bicyclic) bond motifs is 1. The average molecular weight is 199 g/mol. The number of nitrogens with two attached hydrogens (primary N) is 1. The van der Waals surface area contributed by atoms with E-state index in [0.717, 1.165) is 16.7 Å². The second-order valence-electron chi connectivity index (χ2n) is 3.27. The molecule has 74 valence electrons. The molecule has 0 aliphatic rings. The molecule has 5 nitrogen and oxygen atoms in total. The molecule has 0 bridgehead atoms. The first-order valence-corrected chi connectivity index (χ1v) is 4.57. The Hall–Kier alpha value is -2.30. The van der Waals surface area contributed by atoms with Crippen molar-refractivity contribution in [1.29, 1.82) is 0 Å². The summed E-state index contributed by atoms with van der Waals surface area (Å²) in [5.74, 6) is 0.428. The van der Waals surface area contributed by atoms with Gasteiger partial charge in [-0.3, -0.25) is 0 Å². The van der Waals surface area contributed by atoms with Crippen LogP contribution in [0.15, 0.2) is 36.9 Å². The summed E-state index contributed by atoms with van der Waals surface area (Å²) in [5, 5.41) is 0. The summed E-state index contributed by atoms with van der Waals surface area (Å²) in [4.78, 5) is 11.2. The molecule has 3 aromatic rings. The van der Waals surface area contributed by atoms with Gasteiger partial charge in [0.1, 0.15) is 5.52 Å². The number of rotatable bonds is 1. The average Bonchev–Trinajstić information content (AvgIpc) is 2.82. The number of anilines is 1. The lowest BCUT2D eigenvalue weighted by molar-refractivity contribution is 1.06. The van der Waals surface area contributed by atoms with Crippen LogP contribution in [-0.2, 0) is 0 Å². The first kappa shape index (κ1) is 8.05. The van der Waals surface area contributed by atoms with Gasteiger partial charge >= 0.3 is 0 Å². The third kappa shape index (κ3) is 1.17. The molecule has 0 fully saturated rings. The fraction of sp³-hybridized carbons (Fsp3) is 0. The van der Waals surface area contributed by atoms with Crippen molar-refractivity contribution in [3.8, 4) is 5.69 Å². The lowest BCUT2D eigenvalue weighted by Gasteiger charge is -2.01. The van der Waals surface area contributed by atoms with Crippen molar-refractivity contribution in [2.45, 2.75) is 0 Å². The first-order valence-electron chi connectivity index (χ1n) is 4.57. The van der Waals surface area contributed by atoms with Crippen LogP contribution in [-0.4, -0.2) is 19.5 Å². The number of aromatic nitrogens is 4. The third-order valence-corrected chi connectivity index (χ3v) is 2.29. The lowest BCUT2D eigenvalue weighted by Crippen LogP contribution is -1.91. The summed E-state index contributed by atoms with van der Waals surface area (Å²) in [5.41, 5.74) is 8.38. The number of imidazole rings is 2. The van der Waals surface area contributed by atoms with Crippen LogP contribution < -0.4 is 5.73 Å².